The first-order chi connectivity index (χ1) is 16.2. The fraction of sp³-hybridized carbons (Fsp3) is 0.710. The summed E-state index contributed by atoms with van der Waals surface area (Å²) in [5.41, 5.74) is 1.46. The van der Waals surface area contributed by atoms with Crippen LogP contribution in [0.4, 0.5) is 0 Å². The summed E-state index contributed by atoms with van der Waals surface area (Å²) in [4.78, 5) is 4.37. The minimum atomic E-state index is 0.546. The number of imidazole rings is 1. The van der Waals surface area contributed by atoms with Gasteiger partial charge in [0.1, 0.15) is 0 Å². The third kappa shape index (κ3) is 11.9. The Bertz CT molecular complexity index is 661. The van der Waals surface area contributed by atoms with Gasteiger partial charge in [-0.25, -0.2) is 4.98 Å². The van der Waals surface area contributed by atoms with E-state index in [0.717, 1.165) is 6.42 Å². The molecule has 1 heterocycles. The second-order valence-electron chi connectivity index (χ2n) is 10.6. The zero-order valence-corrected chi connectivity index (χ0v) is 22.1. The van der Waals surface area contributed by atoms with Gasteiger partial charge in [0.15, 0.2) is 0 Å². The van der Waals surface area contributed by atoms with Crippen LogP contribution in [-0.4, -0.2) is 9.55 Å². The van der Waals surface area contributed by atoms with Gasteiger partial charge in [0.25, 0.3) is 0 Å². The maximum Gasteiger partial charge on any atom is 0.0948 e. The van der Waals surface area contributed by atoms with Crippen molar-refractivity contribution in [2.75, 3.05) is 0 Å². The molecule has 0 aliphatic heterocycles. The average Bonchev–Trinajstić information content (AvgIpc) is 3.36. The first-order valence-electron chi connectivity index (χ1n) is 14.2. The molecule has 33 heavy (non-hydrogen) atoms. The van der Waals surface area contributed by atoms with Crippen molar-refractivity contribution in [2.45, 2.75) is 130 Å². The van der Waals surface area contributed by atoms with Gasteiger partial charge in [0, 0.05) is 18.4 Å². The topological polar surface area (TPSA) is 17.8 Å². The van der Waals surface area contributed by atoms with Crippen molar-refractivity contribution in [3.8, 4) is 0 Å². The van der Waals surface area contributed by atoms with Gasteiger partial charge < -0.3 is 4.57 Å². The molecule has 186 valence electrons. The number of hydrogen-bond acceptors (Lipinski definition) is 1. The van der Waals surface area contributed by atoms with E-state index < -0.39 is 0 Å². The molecule has 2 atom stereocenters. The third-order valence-electron chi connectivity index (χ3n) is 7.43. The summed E-state index contributed by atoms with van der Waals surface area (Å²) >= 11 is 0. The molecule has 1 aromatic heterocycles. The van der Waals surface area contributed by atoms with E-state index in [1.807, 2.05) is 12.5 Å². The van der Waals surface area contributed by atoms with E-state index in [1.165, 1.54) is 102 Å². The monoisotopic (exact) mass is 452 g/mol. The molecule has 2 rings (SSSR count). The van der Waals surface area contributed by atoms with Crippen LogP contribution in [0.2, 0.25) is 0 Å². The molecule has 0 N–H and O–H groups in total. The summed E-state index contributed by atoms with van der Waals surface area (Å²) in [6, 6.07) is 11.6. The molecule has 0 fully saturated rings. The Morgan fingerprint density at radius 1 is 0.727 bits per heavy atom. The molecule has 2 unspecified atom stereocenters. The van der Waals surface area contributed by atoms with Gasteiger partial charge in [-0.1, -0.05) is 141 Å². The second kappa shape index (κ2) is 17.8. The first-order valence-corrected chi connectivity index (χ1v) is 14.2. The van der Waals surface area contributed by atoms with Crippen LogP contribution in [0, 0.1) is 11.8 Å². The Morgan fingerprint density at radius 2 is 1.27 bits per heavy atom. The molecule has 2 aromatic rings. The van der Waals surface area contributed by atoms with Crippen LogP contribution in [-0.2, 0) is 6.42 Å². The van der Waals surface area contributed by atoms with Crippen molar-refractivity contribution in [1.29, 1.82) is 0 Å². The van der Waals surface area contributed by atoms with E-state index >= 15 is 0 Å². The Kier molecular flexibility index (Phi) is 15.0. The van der Waals surface area contributed by atoms with Crippen LogP contribution >= 0.6 is 0 Å². The van der Waals surface area contributed by atoms with Crippen molar-refractivity contribution in [2.24, 2.45) is 11.8 Å². The van der Waals surface area contributed by atoms with Crippen molar-refractivity contribution < 1.29 is 0 Å². The predicted molar refractivity (Wildman–Crippen MR) is 145 cm³/mol. The van der Waals surface area contributed by atoms with E-state index in [9.17, 15) is 0 Å². The molecule has 0 bridgehead atoms. The molecule has 0 amide bonds. The van der Waals surface area contributed by atoms with Crippen molar-refractivity contribution >= 4 is 0 Å². The Balaban J connectivity index is 1.64. The average molecular weight is 453 g/mol. The summed E-state index contributed by atoms with van der Waals surface area (Å²) in [5, 5.41) is 0. The summed E-state index contributed by atoms with van der Waals surface area (Å²) < 4.78 is 2.38. The molecule has 0 radical (unpaired) electrons. The van der Waals surface area contributed by atoms with Gasteiger partial charge in [-0.2, -0.15) is 0 Å². The van der Waals surface area contributed by atoms with Gasteiger partial charge in [-0.15, -0.1) is 0 Å². The lowest BCUT2D eigenvalue weighted by molar-refractivity contribution is 0.233. The highest BCUT2D eigenvalue weighted by molar-refractivity contribution is 5.15. The minimum absolute atomic E-state index is 0.546. The molecule has 0 saturated carbocycles. The first kappa shape index (κ1) is 27.7. The molecular formula is C31H52N2. The van der Waals surface area contributed by atoms with Crippen molar-refractivity contribution in [1.82, 2.24) is 9.55 Å². The van der Waals surface area contributed by atoms with Gasteiger partial charge in [-0.3, -0.25) is 0 Å². The van der Waals surface area contributed by atoms with E-state index in [-0.39, 0.29) is 0 Å². The molecule has 1 aromatic carbocycles. The van der Waals surface area contributed by atoms with Crippen LogP contribution in [0.25, 0.3) is 0 Å². The van der Waals surface area contributed by atoms with E-state index in [2.05, 4.69) is 66.9 Å². The maximum absolute atomic E-state index is 4.37. The Labute approximate surface area is 205 Å². The number of unbranched alkanes of at least 4 members (excludes halogenated alkanes) is 13. The zero-order chi connectivity index (χ0) is 23.6. The molecule has 2 heteroatoms. The SMILES string of the molecule is CCCCCCCCCCCCCCCCC(C(Cc1ccccc1)C(C)C)n1ccnc1. The highest BCUT2D eigenvalue weighted by atomic mass is 15.1. The van der Waals surface area contributed by atoms with Crippen LogP contribution in [0.5, 0.6) is 0 Å². The number of benzene rings is 1. The van der Waals surface area contributed by atoms with Gasteiger partial charge in [-0.05, 0) is 30.2 Å². The lowest BCUT2D eigenvalue weighted by Gasteiger charge is -2.31. The predicted octanol–water partition coefficient (Wildman–Crippen LogP) is 9.81. The van der Waals surface area contributed by atoms with Crippen LogP contribution in [0.1, 0.15) is 129 Å². The lowest BCUT2D eigenvalue weighted by Crippen LogP contribution is -2.25. The van der Waals surface area contributed by atoms with Crippen molar-refractivity contribution in [3.05, 3.63) is 54.6 Å². The number of aromatic nitrogens is 2. The van der Waals surface area contributed by atoms with Crippen LogP contribution < -0.4 is 0 Å². The second-order valence-corrected chi connectivity index (χ2v) is 10.6. The van der Waals surface area contributed by atoms with Crippen LogP contribution in [0.3, 0.4) is 0 Å². The molecule has 0 aliphatic carbocycles. The molecular weight excluding hydrogens is 400 g/mol. The Hall–Kier alpha value is -1.57. The highest BCUT2D eigenvalue weighted by Crippen LogP contribution is 2.33. The number of nitrogens with zero attached hydrogens (tertiary/aromatic N) is 2. The number of hydrogen-bond donors (Lipinski definition) is 0. The third-order valence-corrected chi connectivity index (χ3v) is 7.43. The molecule has 0 aliphatic rings. The van der Waals surface area contributed by atoms with E-state index in [1.54, 1.807) is 0 Å². The summed E-state index contributed by atoms with van der Waals surface area (Å²) in [7, 11) is 0. The zero-order valence-electron chi connectivity index (χ0n) is 22.1. The van der Waals surface area contributed by atoms with Crippen molar-refractivity contribution in [3.63, 3.8) is 0 Å². The summed E-state index contributed by atoms with van der Waals surface area (Å²) in [5.74, 6) is 1.30. The van der Waals surface area contributed by atoms with Crippen LogP contribution in [0.15, 0.2) is 49.1 Å². The smallest absolute Gasteiger partial charge is 0.0948 e. The highest BCUT2D eigenvalue weighted by Gasteiger charge is 2.25. The van der Waals surface area contributed by atoms with Gasteiger partial charge in [0.05, 0.1) is 6.33 Å². The largest absolute Gasteiger partial charge is 0.334 e. The molecule has 0 saturated heterocycles. The standard InChI is InChI=1S/C31H52N2/c1-4-5-6-7-8-9-10-11-12-13-14-15-16-20-23-31(33-25-24-32-27-33)30(28(2)3)26-29-21-18-17-19-22-29/h17-19,21-22,24-25,27-28,30-31H,4-16,20,23,26H2,1-3H3. The quantitative estimate of drug-likeness (QED) is 0.183. The van der Waals surface area contributed by atoms with Gasteiger partial charge in [0.2, 0.25) is 0 Å². The fourth-order valence-corrected chi connectivity index (χ4v) is 5.30. The van der Waals surface area contributed by atoms with Gasteiger partial charge >= 0.3 is 0 Å². The molecule has 2 nitrogen and oxygen atoms in total. The number of rotatable bonds is 20. The van der Waals surface area contributed by atoms with E-state index in [4.69, 9.17) is 0 Å². The Morgan fingerprint density at radius 3 is 1.76 bits per heavy atom. The summed E-state index contributed by atoms with van der Waals surface area (Å²) in [6.07, 6.45) is 28.5. The maximum atomic E-state index is 4.37. The normalized spacial score (nSPS) is 13.5. The lowest BCUT2D eigenvalue weighted by atomic mass is 9.81. The van der Waals surface area contributed by atoms with E-state index in [0.29, 0.717) is 17.9 Å². The molecule has 0 spiro atoms. The fourth-order valence-electron chi connectivity index (χ4n) is 5.30. The summed E-state index contributed by atoms with van der Waals surface area (Å²) in [6.45, 7) is 7.08. The minimum Gasteiger partial charge on any atom is -0.334 e.